The van der Waals surface area contributed by atoms with E-state index in [1.165, 1.54) is 23.5 Å². The van der Waals surface area contributed by atoms with Crippen LogP contribution in [-0.4, -0.2) is 41.3 Å². The van der Waals surface area contributed by atoms with Crippen molar-refractivity contribution in [2.24, 2.45) is 0 Å². The molecule has 3 aromatic heterocycles. The number of anilines is 3. The molecule has 1 aromatic carbocycles. The van der Waals surface area contributed by atoms with E-state index in [1.54, 1.807) is 17.6 Å². The Labute approximate surface area is 192 Å². The number of hydrogen-bond donors (Lipinski definition) is 1. The average molecular weight is 472 g/mol. The number of nitrogens with one attached hydrogen (secondary N) is 1. The van der Waals surface area contributed by atoms with Crippen LogP contribution < -0.4 is 10.2 Å². The summed E-state index contributed by atoms with van der Waals surface area (Å²) in [6, 6.07) is 9.38. The third-order valence-electron chi connectivity index (χ3n) is 5.49. The molecule has 1 aliphatic heterocycles. The van der Waals surface area contributed by atoms with E-state index in [2.05, 4.69) is 25.2 Å². The number of aryl methyl sites for hydroxylation is 1. The molecule has 0 unspecified atom stereocenters. The minimum Gasteiger partial charge on any atom is -0.378 e. The molecule has 1 N–H and O–H groups in total. The lowest BCUT2D eigenvalue weighted by Gasteiger charge is -2.28. The Bertz CT molecular complexity index is 1300. The number of thiophene rings is 1. The van der Waals surface area contributed by atoms with Gasteiger partial charge < -0.3 is 15.0 Å². The zero-order valence-corrected chi connectivity index (χ0v) is 18.5. The van der Waals surface area contributed by atoms with Crippen molar-refractivity contribution in [3.05, 3.63) is 59.2 Å². The van der Waals surface area contributed by atoms with Crippen LogP contribution in [0.4, 0.5) is 30.6 Å². The van der Waals surface area contributed by atoms with Gasteiger partial charge in [-0.05, 0) is 30.7 Å². The maximum atomic E-state index is 13.6. The molecule has 1 fully saturated rings. The molecule has 0 aliphatic carbocycles. The van der Waals surface area contributed by atoms with Gasteiger partial charge in [-0.1, -0.05) is 18.2 Å². The number of alkyl halides is 3. The molecular weight excluding hydrogens is 451 g/mol. The summed E-state index contributed by atoms with van der Waals surface area (Å²) in [5.41, 5.74) is 1.84. The maximum absolute atomic E-state index is 13.6. The fraction of sp³-hybridized carbons (Fsp3) is 0.261. The maximum Gasteiger partial charge on any atom is 0.417 e. The first-order valence-corrected chi connectivity index (χ1v) is 11.3. The van der Waals surface area contributed by atoms with Crippen molar-refractivity contribution in [2.45, 2.75) is 13.1 Å². The Balaban J connectivity index is 1.47. The van der Waals surface area contributed by atoms with E-state index >= 15 is 0 Å². The summed E-state index contributed by atoms with van der Waals surface area (Å²) in [6.45, 7) is 4.82. The van der Waals surface area contributed by atoms with E-state index < -0.39 is 11.7 Å². The molecule has 4 heterocycles. The van der Waals surface area contributed by atoms with E-state index in [0.717, 1.165) is 36.4 Å². The predicted octanol–water partition coefficient (Wildman–Crippen LogP) is 5.66. The summed E-state index contributed by atoms with van der Waals surface area (Å²) in [6.07, 6.45) is -2.83. The first-order chi connectivity index (χ1) is 15.9. The molecule has 170 valence electrons. The minimum absolute atomic E-state index is 0.105. The highest BCUT2D eigenvalue weighted by atomic mass is 32.1. The lowest BCUT2D eigenvalue weighted by atomic mass is 10.0. The van der Waals surface area contributed by atoms with Gasteiger partial charge >= 0.3 is 6.18 Å². The van der Waals surface area contributed by atoms with E-state index in [4.69, 9.17) is 4.74 Å². The standard InChI is InChI=1S/C23H20F3N5OS/c1-14-18(6-7-20(28-14)31-8-10-32-11-9-31)29-22-27-12-19-21(30-22)16(13-33-19)15-4-2-3-5-17(15)23(24,25)26/h2-7,12-13H,8-11H2,1H3,(H,27,29,30). The number of aromatic nitrogens is 3. The number of hydrogen-bond acceptors (Lipinski definition) is 7. The number of fused-ring (bicyclic) bond motifs is 1. The fourth-order valence-electron chi connectivity index (χ4n) is 3.81. The van der Waals surface area contributed by atoms with Crippen molar-refractivity contribution in [3.63, 3.8) is 0 Å². The van der Waals surface area contributed by atoms with Gasteiger partial charge in [0.2, 0.25) is 5.95 Å². The number of pyridine rings is 1. The van der Waals surface area contributed by atoms with Gasteiger partial charge in [0.15, 0.2) is 0 Å². The number of benzene rings is 1. The van der Waals surface area contributed by atoms with Crippen molar-refractivity contribution >= 4 is 39.0 Å². The van der Waals surface area contributed by atoms with E-state index in [-0.39, 0.29) is 5.56 Å². The molecule has 1 aliphatic rings. The number of nitrogens with zero attached hydrogens (tertiary/aromatic N) is 4. The van der Waals surface area contributed by atoms with Crippen molar-refractivity contribution in [1.82, 2.24) is 15.0 Å². The van der Waals surface area contributed by atoms with Gasteiger partial charge in [0.1, 0.15) is 5.82 Å². The molecule has 0 saturated carbocycles. The van der Waals surface area contributed by atoms with Crippen molar-refractivity contribution < 1.29 is 17.9 Å². The Morgan fingerprint density at radius 2 is 1.82 bits per heavy atom. The van der Waals surface area contributed by atoms with Crippen LogP contribution in [0.15, 0.2) is 48.0 Å². The van der Waals surface area contributed by atoms with Gasteiger partial charge in [-0.25, -0.2) is 15.0 Å². The summed E-state index contributed by atoms with van der Waals surface area (Å²) < 4.78 is 46.8. The molecule has 0 spiro atoms. The van der Waals surface area contributed by atoms with Crippen molar-refractivity contribution in [1.29, 1.82) is 0 Å². The van der Waals surface area contributed by atoms with Crippen LogP contribution in [0.5, 0.6) is 0 Å². The Hall–Kier alpha value is -3.24. The van der Waals surface area contributed by atoms with Crippen molar-refractivity contribution in [2.75, 3.05) is 36.5 Å². The number of halogens is 3. The summed E-state index contributed by atoms with van der Waals surface area (Å²) in [5, 5.41) is 4.85. The molecule has 10 heteroatoms. The first kappa shape index (κ1) is 21.6. The predicted molar refractivity (Wildman–Crippen MR) is 123 cm³/mol. The molecule has 0 bridgehead atoms. The molecule has 6 nitrogen and oxygen atoms in total. The van der Waals surface area contributed by atoms with Crippen LogP contribution >= 0.6 is 11.3 Å². The lowest BCUT2D eigenvalue weighted by Crippen LogP contribution is -2.36. The van der Waals surface area contributed by atoms with Gasteiger partial charge in [-0.3, -0.25) is 0 Å². The highest BCUT2D eigenvalue weighted by molar-refractivity contribution is 7.17. The zero-order chi connectivity index (χ0) is 23.0. The molecule has 0 amide bonds. The zero-order valence-electron chi connectivity index (χ0n) is 17.7. The van der Waals surface area contributed by atoms with E-state index in [1.807, 2.05) is 19.1 Å². The minimum atomic E-state index is -4.45. The fourth-order valence-corrected chi connectivity index (χ4v) is 4.68. The second kappa shape index (κ2) is 8.60. The van der Waals surface area contributed by atoms with Crippen LogP contribution in [0.3, 0.4) is 0 Å². The van der Waals surface area contributed by atoms with Crippen LogP contribution in [0.25, 0.3) is 21.3 Å². The van der Waals surface area contributed by atoms with Crippen LogP contribution in [-0.2, 0) is 10.9 Å². The first-order valence-electron chi connectivity index (χ1n) is 10.4. The van der Waals surface area contributed by atoms with Gasteiger partial charge in [0.05, 0.1) is 46.6 Å². The summed E-state index contributed by atoms with van der Waals surface area (Å²) in [5.74, 6) is 1.18. The molecule has 4 aromatic rings. The van der Waals surface area contributed by atoms with Crippen molar-refractivity contribution in [3.8, 4) is 11.1 Å². The quantitative estimate of drug-likeness (QED) is 0.414. The second-order valence-electron chi connectivity index (χ2n) is 7.63. The molecular formula is C23H20F3N5OS. The summed E-state index contributed by atoms with van der Waals surface area (Å²) in [4.78, 5) is 15.7. The highest BCUT2D eigenvalue weighted by Crippen LogP contribution is 2.41. The van der Waals surface area contributed by atoms with E-state index in [9.17, 15) is 13.2 Å². The molecule has 0 radical (unpaired) electrons. The van der Waals surface area contributed by atoms with Gasteiger partial charge in [-0.2, -0.15) is 13.2 Å². The molecule has 33 heavy (non-hydrogen) atoms. The van der Waals surface area contributed by atoms with Crippen LogP contribution in [0.1, 0.15) is 11.3 Å². The monoisotopic (exact) mass is 471 g/mol. The number of morpholine rings is 1. The van der Waals surface area contributed by atoms with E-state index in [0.29, 0.717) is 34.9 Å². The summed E-state index contributed by atoms with van der Waals surface area (Å²) >= 11 is 1.32. The summed E-state index contributed by atoms with van der Waals surface area (Å²) in [7, 11) is 0. The lowest BCUT2D eigenvalue weighted by molar-refractivity contribution is -0.137. The normalized spacial score (nSPS) is 14.6. The van der Waals surface area contributed by atoms with Crippen LogP contribution in [0.2, 0.25) is 0 Å². The third-order valence-corrected chi connectivity index (χ3v) is 6.40. The Morgan fingerprint density at radius 1 is 1.03 bits per heavy atom. The largest absolute Gasteiger partial charge is 0.417 e. The van der Waals surface area contributed by atoms with Crippen LogP contribution in [0, 0.1) is 6.92 Å². The average Bonchev–Trinajstić information content (AvgIpc) is 3.23. The SMILES string of the molecule is Cc1nc(N2CCOCC2)ccc1Nc1ncc2scc(-c3ccccc3C(F)(F)F)c2n1. The van der Waals surface area contributed by atoms with Gasteiger partial charge in [0, 0.05) is 24.0 Å². The highest BCUT2D eigenvalue weighted by Gasteiger charge is 2.34. The molecule has 5 rings (SSSR count). The molecule has 0 atom stereocenters. The third kappa shape index (κ3) is 4.36. The smallest absolute Gasteiger partial charge is 0.378 e. The number of ether oxygens (including phenoxy) is 1. The second-order valence-corrected chi connectivity index (χ2v) is 8.54. The topological polar surface area (TPSA) is 63.2 Å². The van der Waals surface area contributed by atoms with Gasteiger partial charge in [-0.15, -0.1) is 11.3 Å². The molecule has 1 saturated heterocycles. The Kier molecular flexibility index (Phi) is 5.63. The Morgan fingerprint density at radius 3 is 2.58 bits per heavy atom. The van der Waals surface area contributed by atoms with Gasteiger partial charge in [0.25, 0.3) is 0 Å². The number of rotatable bonds is 4.